The fraction of sp³-hybridized carbons (Fsp3) is 0.500. The van der Waals surface area contributed by atoms with Gasteiger partial charge in [-0.1, -0.05) is 35.5 Å². The number of nitrogens with zero attached hydrogens (tertiary/aromatic N) is 3. The summed E-state index contributed by atoms with van der Waals surface area (Å²) in [6.07, 6.45) is 1.67. The Labute approximate surface area is 125 Å². The van der Waals surface area contributed by atoms with Gasteiger partial charge in [-0.15, -0.1) is 0 Å². The van der Waals surface area contributed by atoms with Crippen LogP contribution >= 0.6 is 0 Å². The molecule has 0 aliphatic heterocycles. The van der Waals surface area contributed by atoms with Crippen LogP contribution in [0.15, 0.2) is 34.9 Å². The van der Waals surface area contributed by atoms with Gasteiger partial charge in [0, 0.05) is 18.5 Å². The molecule has 0 saturated carbocycles. The van der Waals surface area contributed by atoms with Crippen LogP contribution in [0.25, 0.3) is 11.4 Å². The SMILES string of the molecule is CN(CCCc1nc(-c2ccccc2)no1)CC(C)(C)O. The fourth-order valence-electron chi connectivity index (χ4n) is 2.30. The molecule has 0 radical (unpaired) electrons. The van der Waals surface area contributed by atoms with E-state index in [9.17, 15) is 5.11 Å². The standard InChI is InChI=1S/C16H23N3O2/c1-16(2,20)12-19(3)11-7-10-14-17-15(18-21-14)13-8-5-4-6-9-13/h4-6,8-9,20H,7,10-12H2,1-3H3. The number of aromatic nitrogens is 2. The monoisotopic (exact) mass is 289 g/mol. The lowest BCUT2D eigenvalue weighted by Gasteiger charge is -2.25. The summed E-state index contributed by atoms with van der Waals surface area (Å²) in [6, 6.07) is 9.80. The topological polar surface area (TPSA) is 62.4 Å². The molecule has 0 atom stereocenters. The van der Waals surface area contributed by atoms with Crippen LogP contribution < -0.4 is 0 Å². The Hall–Kier alpha value is -1.72. The van der Waals surface area contributed by atoms with Crippen molar-refractivity contribution in [3.8, 4) is 11.4 Å². The maximum Gasteiger partial charge on any atom is 0.227 e. The Balaban J connectivity index is 1.81. The molecule has 1 N–H and O–H groups in total. The normalized spacial score (nSPS) is 12.0. The summed E-state index contributed by atoms with van der Waals surface area (Å²) >= 11 is 0. The number of likely N-dealkylation sites (N-methyl/N-ethyl adjacent to an activating group) is 1. The Morgan fingerprint density at radius 2 is 1.95 bits per heavy atom. The molecule has 1 aromatic heterocycles. The second kappa shape index (κ2) is 6.83. The minimum Gasteiger partial charge on any atom is -0.389 e. The van der Waals surface area contributed by atoms with Crippen molar-refractivity contribution in [2.75, 3.05) is 20.1 Å². The van der Waals surface area contributed by atoms with E-state index < -0.39 is 5.60 Å². The molecule has 5 heteroatoms. The van der Waals surface area contributed by atoms with Crippen molar-refractivity contribution < 1.29 is 9.63 Å². The summed E-state index contributed by atoms with van der Waals surface area (Å²) in [5.74, 6) is 1.29. The number of rotatable bonds is 7. The van der Waals surface area contributed by atoms with Gasteiger partial charge in [-0.05, 0) is 33.9 Å². The third-order valence-corrected chi connectivity index (χ3v) is 3.09. The average molecular weight is 289 g/mol. The second-order valence-corrected chi connectivity index (χ2v) is 6.03. The van der Waals surface area contributed by atoms with Crippen molar-refractivity contribution in [3.05, 3.63) is 36.2 Å². The summed E-state index contributed by atoms with van der Waals surface area (Å²) in [5, 5.41) is 13.8. The van der Waals surface area contributed by atoms with Crippen molar-refractivity contribution in [2.24, 2.45) is 0 Å². The maximum absolute atomic E-state index is 9.75. The van der Waals surface area contributed by atoms with Crippen LogP contribution in [0, 0.1) is 0 Å². The highest BCUT2D eigenvalue weighted by Crippen LogP contribution is 2.15. The highest BCUT2D eigenvalue weighted by Gasteiger charge is 2.15. The summed E-state index contributed by atoms with van der Waals surface area (Å²) in [5.41, 5.74) is 0.298. The Morgan fingerprint density at radius 3 is 2.62 bits per heavy atom. The van der Waals surface area contributed by atoms with Gasteiger partial charge in [-0.25, -0.2) is 0 Å². The van der Waals surface area contributed by atoms with E-state index in [1.165, 1.54) is 0 Å². The average Bonchev–Trinajstić information content (AvgIpc) is 2.86. The highest BCUT2D eigenvalue weighted by molar-refractivity contribution is 5.53. The van der Waals surface area contributed by atoms with Gasteiger partial charge in [-0.2, -0.15) is 4.98 Å². The zero-order chi connectivity index (χ0) is 15.3. The maximum atomic E-state index is 9.75. The molecule has 2 aromatic rings. The summed E-state index contributed by atoms with van der Waals surface area (Å²) in [6.45, 7) is 5.15. The molecule has 0 saturated heterocycles. The Bertz CT molecular complexity index is 546. The smallest absolute Gasteiger partial charge is 0.227 e. The molecule has 0 aliphatic carbocycles. The molecule has 0 unspecified atom stereocenters. The lowest BCUT2D eigenvalue weighted by molar-refractivity contribution is 0.0443. The Morgan fingerprint density at radius 1 is 1.24 bits per heavy atom. The van der Waals surface area contributed by atoms with Gasteiger partial charge >= 0.3 is 0 Å². The van der Waals surface area contributed by atoms with Gasteiger partial charge in [0.1, 0.15) is 0 Å². The molecule has 0 aliphatic rings. The van der Waals surface area contributed by atoms with E-state index in [-0.39, 0.29) is 0 Å². The van der Waals surface area contributed by atoms with Crippen LogP contribution in [0.1, 0.15) is 26.2 Å². The molecular weight excluding hydrogens is 266 g/mol. The van der Waals surface area contributed by atoms with E-state index in [4.69, 9.17) is 4.52 Å². The van der Waals surface area contributed by atoms with Crippen molar-refractivity contribution in [2.45, 2.75) is 32.3 Å². The summed E-state index contributed by atoms with van der Waals surface area (Å²) in [4.78, 5) is 6.51. The number of hydrogen-bond acceptors (Lipinski definition) is 5. The minimum absolute atomic E-state index is 0.635. The van der Waals surface area contributed by atoms with E-state index in [0.717, 1.165) is 24.9 Å². The lowest BCUT2D eigenvalue weighted by Crippen LogP contribution is -2.36. The van der Waals surface area contributed by atoms with E-state index in [2.05, 4.69) is 15.0 Å². The Kier molecular flexibility index (Phi) is 5.09. The first-order chi connectivity index (χ1) is 9.94. The molecule has 114 valence electrons. The molecule has 2 rings (SSSR count). The van der Waals surface area contributed by atoms with Gasteiger partial charge in [-0.3, -0.25) is 0 Å². The summed E-state index contributed by atoms with van der Waals surface area (Å²) in [7, 11) is 2.00. The van der Waals surface area contributed by atoms with Crippen LogP contribution in [0.4, 0.5) is 0 Å². The van der Waals surface area contributed by atoms with E-state index >= 15 is 0 Å². The first-order valence-electron chi connectivity index (χ1n) is 7.23. The lowest BCUT2D eigenvalue weighted by atomic mass is 10.1. The third-order valence-electron chi connectivity index (χ3n) is 3.09. The molecule has 1 heterocycles. The van der Waals surface area contributed by atoms with Crippen molar-refractivity contribution >= 4 is 0 Å². The van der Waals surface area contributed by atoms with Gasteiger partial charge in [0.25, 0.3) is 0 Å². The zero-order valence-corrected chi connectivity index (χ0v) is 12.9. The summed E-state index contributed by atoms with van der Waals surface area (Å²) < 4.78 is 5.27. The first kappa shape index (κ1) is 15.7. The molecule has 5 nitrogen and oxygen atoms in total. The van der Waals surface area contributed by atoms with Crippen molar-refractivity contribution in [3.63, 3.8) is 0 Å². The predicted molar refractivity (Wildman–Crippen MR) is 81.8 cm³/mol. The van der Waals surface area contributed by atoms with E-state index in [0.29, 0.717) is 18.3 Å². The molecule has 1 aromatic carbocycles. The largest absolute Gasteiger partial charge is 0.389 e. The molecule has 0 amide bonds. The van der Waals surface area contributed by atoms with Crippen LogP contribution in [-0.4, -0.2) is 45.9 Å². The number of aryl methyl sites for hydroxylation is 1. The van der Waals surface area contributed by atoms with Gasteiger partial charge in [0.2, 0.25) is 11.7 Å². The molecule has 0 spiro atoms. The highest BCUT2D eigenvalue weighted by atomic mass is 16.5. The first-order valence-corrected chi connectivity index (χ1v) is 7.23. The molecule has 21 heavy (non-hydrogen) atoms. The van der Waals surface area contributed by atoms with E-state index in [1.807, 2.05) is 51.2 Å². The quantitative estimate of drug-likeness (QED) is 0.848. The zero-order valence-electron chi connectivity index (χ0n) is 12.9. The van der Waals surface area contributed by atoms with Crippen LogP contribution in [0.5, 0.6) is 0 Å². The van der Waals surface area contributed by atoms with Crippen LogP contribution in [0.2, 0.25) is 0 Å². The van der Waals surface area contributed by atoms with Crippen molar-refractivity contribution in [1.29, 1.82) is 0 Å². The molecular formula is C16H23N3O2. The van der Waals surface area contributed by atoms with Gasteiger partial charge in [0.05, 0.1) is 5.60 Å². The molecule has 0 bridgehead atoms. The van der Waals surface area contributed by atoms with E-state index in [1.54, 1.807) is 0 Å². The van der Waals surface area contributed by atoms with Crippen LogP contribution in [0.3, 0.4) is 0 Å². The van der Waals surface area contributed by atoms with Crippen LogP contribution in [-0.2, 0) is 6.42 Å². The second-order valence-electron chi connectivity index (χ2n) is 6.03. The molecule has 0 fully saturated rings. The van der Waals surface area contributed by atoms with Crippen molar-refractivity contribution in [1.82, 2.24) is 15.0 Å². The van der Waals surface area contributed by atoms with Gasteiger partial charge < -0.3 is 14.5 Å². The predicted octanol–water partition coefficient (Wildman–Crippen LogP) is 2.37. The number of hydrogen-bond donors (Lipinski definition) is 1. The number of benzene rings is 1. The minimum atomic E-state index is -0.667. The van der Waals surface area contributed by atoms with Gasteiger partial charge in [0.15, 0.2) is 0 Å². The number of aliphatic hydroxyl groups is 1. The fourth-order valence-corrected chi connectivity index (χ4v) is 2.30. The third kappa shape index (κ3) is 5.28.